The number of carbonyl (C=O) groups is 2. The Morgan fingerprint density at radius 3 is 2.62 bits per heavy atom. The van der Waals surface area contributed by atoms with Crippen molar-refractivity contribution >= 4 is 39.1 Å². The van der Waals surface area contributed by atoms with E-state index >= 15 is 0 Å². The number of nitrogens with zero attached hydrogens (tertiary/aromatic N) is 1. The first-order valence-corrected chi connectivity index (χ1v) is 8.83. The number of amides is 1. The number of aryl methyl sites for hydroxylation is 1. The number of rotatable bonds is 5. The summed E-state index contributed by atoms with van der Waals surface area (Å²) in [6, 6.07) is 5.13. The van der Waals surface area contributed by atoms with E-state index in [9.17, 15) is 18.0 Å². The van der Waals surface area contributed by atoms with Crippen molar-refractivity contribution in [2.24, 2.45) is 0 Å². The number of benzene rings is 1. The van der Waals surface area contributed by atoms with Crippen LogP contribution in [0.25, 0.3) is 0 Å². The molecular formula is C14H13ClN2O6S. The molecule has 0 atom stereocenters. The van der Waals surface area contributed by atoms with E-state index < -0.39 is 28.3 Å². The van der Waals surface area contributed by atoms with Crippen molar-refractivity contribution in [2.45, 2.75) is 11.8 Å². The number of sulfone groups is 1. The maximum absolute atomic E-state index is 12.0. The number of anilines is 1. The van der Waals surface area contributed by atoms with E-state index in [0.717, 1.165) is 12.3 Å². The van der Waals surface area contributed by atoms with E-state index in [1.165, 1.54) is 18.2 Å². The first-order chi connectivity index (χ1) is 11.2. The lowest BCUT2D eigenvalue weighted by molar-refractivity contribution is -0.119. The smallest absolute Gasteiger partial charge is 0.340 e. The Hall–Kier alpha value is -2.39. The summed E-state index contributed by atoms with van der Waals surface area (Å²) in [5, 5.41) is 5.94. The normalized spacial score (nSPS) is 11.1. The molecule has 1 N–H and O–H groups in total. The third kappa shape index (κ3) is 4.56. The van der Waals surface area contributed by atoms with E-state index in [4.69, 9.17) is 20.9 Å². The fourth-order valence-electron chi connectivity index (χ4n) is 1.70. The van der Waals surface area contributed by atoms with Crippen LogP contribution in [0.2, 0.25) is 5.02 Å². The van der Waals surface area contributed by atoms with Crippen LogP contribution in [0, 0.1) is 6.92 Å². The Morgan fingerprint density at radius 2 is 2.04 bits per heavy atom. The van der Waals surface area contributed by atoms with E-state index in [-0.39, 0.29) is 21.3 Å². The average Bonchev–Trinajstić information content (AvgIpc) is 2.89. The van der Waals surface area contributed by atoms with Crippen LogP contribution >= 0.6 is 11.6 Å². The van der Waals surface area contributed by atoms with Crippen molar-refractivity contribution in [3.8, 4) is 0 Å². The molecule has 24 heavy (non-hydrogen) atoms. The first-order valence-electron chi connectivity index (χ1n) is 6.56. The Labute approximate surface area is 142 Å². The number of hydrogen-bond acceptors (Lipinski definition) is 7. The molecule has 0 fully saturated rings. The Kier molecular flexibility index (Phi) is 5.25. The van der Waals surface area contributed by atoms with Crippen molar-refractivity contribution in [3.63, 3.8) is 0 Å². The Morgan fingerprint density at radius 1 is 1.33 bits per heavy atom. The molecule has 0 saturated carbocycles. The number of ether oxygens (including phenoxy) is 1. The molecular weight excluding hydrogens is 360 g/mol. The molecule has 1 aromatic carbocycles. The third-order valence-electron chi connectivity index (χ3n) is 2.82. The standard InChI is InChI=1S/C14H13ClN2O6S/c1-8-5-12(17-23-8)16-13(18)7-22-14(19)10-6-9(24(2,20)21)3-4-11(10)15/h3-6H,7H2,1-2H3,(H,16,17,18). The number of hydrogen-bond donors (Lipinski definition) is 1. The number of nitrogens with one attached hydrogen (secondary N) is 1. The quantitative estimate of drug-likeness (QED) is 0.796. The van der Waals surface area contributed by atoms with Crippen LogP contribution in [0.15, 0.2) is 33.7 Å². The average molecular weight is 373 g/mol. The second kappa shape index (κ2) is 7.02. The minimum Gasteiger partial charge on any atom is -0.452 e. The second-order valence-electron chi connectivity index (χ2n) is 4.86. The van der Waals surface area contributed by atoms with Crippen LogP contribution in [0.4, 0.5) is 5.82 Å². The van der Waals surface area contributed by atoms with E-state index in [1.807, 2.05) is 0 Å². The first kappa shape index (κ1) is 18.0. The van der Waals surface area contributed by atoms with Crippen molar-refractivity contribution in [2.75, 3.05) is 18.2 Å². The number of carbonyl (C=O) groups excluding carboxylic acids is 2. The van der Waals surface area contributed by atoms with E-state index in [0.29, 0.717) is 5.76 Å². The summed E-state index contributed by atoms with van der Waals surface area (Å²) in [6.07, 6.45) is 0.999. The maximum Gasteiger partial charge on any atom is 0.340 e. The van der Waals surface area contributed by atoms with E-state index in [2.05, 4.69) is 10.5 Å². The largest absolute Gasteiger partial charge is 0.452 e. The predicted octanol–water partition coefficient (Wildman–Crippen LogP) is 1.84. The SMILES string of the molecule is Cc1cc(NC(=O)COC(=O)c2cc(S(C)(=O)=O)ccc2Cl)no1. The molecule has 1 amide bonds. The summed E-state index contributed by atoms with van der Waals surface area (Å²) in [5.41, 5.74) is -0.148. The molecule has 2 aromatic rings. The van der Waals surface area contributed by atoms with Crippen LogP contribution in [-0.2, 0) is 19.4 Å². The van der Waals surface area contributed by atoms with Gasteiger partial charge in [0.2, 0.25) is 0 Å². The molecule has 10 heteroatoms. The molecule has 0 spiro atoms. The number of esters is 1. The van der Waals surface area contributed by atoms with Gasteiger partial charge in [0, 0.05) is 12.3 Å². The fraction of sp³-hybridized carbons (Fsp3) is 0.214. The topological polar surface area (TPSA) is 116 Å². The molecule has 0 aliphatic carbocycles. The summed E-state index contributed by atoms with van der Waals surface area (Å²) in [6.45, 7) is 1.06. The van der Waals surface area contributed by atoms with Crippen molar-refractivity contribution in [3.05, 3.63) is 40.6 Å². The summed E-state index contributed by atoms with van der Waals surface area (Å²) >= 11 is 5.87. The molecule has 0 aliphatic rings. The zero-order valence-electron chi connectivity index (χ0n) is 12.7. The highest BCUT2D eigenvalue weighted by Crippen LogP contribution is 2.21. The summed E-state index contributed by atoms with van der Waals surface area (Å²) < 4.78 is 32.6. The Balaban J connectivity index is 2.03. The number of halogens is 1. The molecule has 0 unspecified atom stereocenters. The van der Waals surface area contributed by atoms with Crippen molar-refractivity contribution in [1.29, 1.82) is 0 Å². The Bertz CT molecular complexity index is 890. The van der Waals surface area contributed by atoms with Crippen LogP contribution < -0.4 is 5.32 Å². The highest BCUT2D eigenvalue weighted by Gasteiger charge is 2.18. The van der Waals surface area contributed by atoms with Gasteiger partial charge in [0.15, 0.2) is 22.3 Å². The highest BCUT2D eigenvalue weighted by molar-refractivity contribution is 7.90. The molecule has 2 rings (SSSR count). The van der Waals surface area contributed by atoms with Gasteiger partial charge in [-0.3, -0.25) is 4.79 Å². The van der Waals surface area contributed by atoms with Gasteiger partial charge in [-0.25, -0.2) is 13.2 Å². The van der Waals surface area contributed by atoms with Gasteiger partial charge in [0.25, 0.3) is 5.91 Å². The molecule has 128 valence electrons. The zero-order valence-corrected chi connectivity index (χ0v) is 14.3. The molecule has 8 nitrogen and oxygen atoms in total. The van der Waals surface area contributed by atoms with Crippen LogP contribution in [0.5, 0.6) is 0 Å². The molecule has 0 saturated heterocycles. The summed E-state index contributed by atoms with van der Waals surface area (Å²) in [4.78, 5) is 23.6. The van der Waals surface area contributed by atoms with Crippen molar-refractivity contribution < 1.29 is 27.3 Å². The lowest BCUT2D eigenvalue weighted by Gasteiger charge is -2.07. The predicted molar refractivity (Wildman–Crippen MR) is 84.7 cm³/mol. The van der Waals surface area contributed by atoms with Gasteiger partial charge in [0.1, 0.15) is 5.76 Å². The lowest BCUT2D eigenvalue weighted by Crippen LogP contribution is -2.21. The molecule has 0 bridgehead atoms. The van der Waals surface area contributed by atoms with Crippen LogP contribution in [0.1, 0.15) is 16.1 Å². The monoisotopic (exact) mass is 372 g/mol. The molecule has 0 aliphatic heterocycles. The van der Waals surface area contributed by atoms with Gasteiger partial charge >= 0.3 is 5.97 Å². The van der Waals surface area contributed by atoms with Gasteiger partial charge in [-0.05, 0) is 25.1 Å². The molecule has 1 heterocycles. The minimum absolute atomic E-state index is 0.0138. The fourth-order valence-corrected chi connectivity index (χ4v) is 2.55. The number of aromatic nitrogens is 1. The van der Waals surface area contributed by atoms with Crippen molar-refractivity contribution in [1.82, 2.24) is 5.16 Å². The van der Waals surface area contributed by atoms with Gasteiger partial charge in [-0.1, -0.05) is 16.8 Å². The highest BCUT2D eigenvalue weighted by atomic mass is 35.5. The van der Waals surface area contributed by atoms with Gasteiger partial charge in [0.05, 0.1) is 15.5 Å². The zero-order chi connectivity index (χ0) is 17.9. The second-order valence-corrected chi connectivity index (χ2v) is 7.28. The van der Waals surface area contributed by atoms with Crippen LogP contribution in [-0.4, -0.2) is 38.3 Å². The third-order valence-corrected chi connectivity index (χ3v) is 4.26. The minimum atomic E-state index is -3.51. The van der Waals surface area contributed by atoms with Gasteiger partial charge < -0.3 is 14.6 Å². The molecule has 0 radical (unpaired) electrons. The summed E-state index contributed by atoms with van der Waals surface area (Å²) in [7, 11) is -3.51. The van der Waals surface area contributed by atoms with E-state index in [1.54, 1.807) is 6.92 Å². The lowest BCUT2D eigenvalue weighted by atomic mass is 10.2. The van der Waals surface area contributed by atoms with Gasteiger partial charge in [-0.15, -0.1) is 0 Å². The van der Waals surface area contributed by atoms with Crippen LogP contribution in [0.3, 0.4) is 0 Å². The van der Waals surface area contributed by atoms with Gasteiger partial charge in [-0.2, -0.15) is 0 Å². The maximum atomic E-state index is 12.0. The molecule has 1 aromatic heterocycles. The summed E-state index contributed by atoms with van der Waals surface area (Å²) in [5.74, 6) is -0.860.